The molecule has 120 valence electrons. The fourth-order valence-corrected chi connectivity index (χ4v) is 3.34. The normalized spacial score (nSPS) is 15.7. The molecule has 1 fully saturated rings. The molecule has 0 aliphatic carbocycles. The second-order valence-corrected chi connectivity index (χ2v) is 6.19. The maximum atomic E-state index is 12.7. The van der Waals surface area contributed by atoms with Crippen LogP contribution in [0.4, 0.5) is 0 Å². The lowest BCUT2D eigenvalue weighted by molar-refractivity contribution is 0.0350. The van der Waals surface area contributed by atoms with Crippen LogP contribution in [0.3, 0.4) is 0 Å². The van der Waals surface area contributed by atoms with Gasteiger partial charge in [0.2, 0.25) is 0 Å². The second kappa shape index (κ2) is 7.92. The molecule has 0 atom stereocenters. The van der Waals surface area contributed by atoms with Crippen LogP contribution in [0.2, 0.25) is 0 Å². The van der Waals surface area contributed by atoms with E-state index in [9.17, 15) is 9.59 Å². The van der Waals surface area contributed by atoms with Gasteiger partial charge in [-0.15, -0.1) is 0 Å². The molecule has 1 heterocycles. The molecule has 0 bridgehead atoms. The zero-order valence-corrected chi connectivity index (χ0v) is 15.0. The fourth-order valence-electron chi connectivity index (χ4n) is 2.53. The predicted molar refractivity (Wildman–Crippen MR) is 91.1 cm³/mol. The Morgan fingerprint density at radius 1 is 1.27 bits per heavy atom. The Kier molecular flexibility index (Phi) is 6.19. The van der Waals surface area contributed by atoms with Crippen LogP contribution in [-0.2, 0) is 9.47 Å². The first kappa shape index (κ1) is 17.2. The molecule has 1 aliphatic rings. The molecule has 22 heavy (non-hydrogen) atoms. The molecule has 0 radical (unpaired) electrons. The van der Waals surface area contributed by atoms with E-state index in [1.54, 1.807) is 32.2 Å². The Balaban J connectivity index is 2.17. The first-order chi connectivity index (χ1) is 10.6. The third-order valence-corrected chi connectivity index (χ3v) is 4.95. The number of likely N-dealkylation sites (tertiary alicyclic amines) is 1. The van der Waals surface area contributed by atoms with E-state index in [0.29, 0.717) is 34.4 Å². The molecule has 1 aliphatic heterocycles. The molecule has 1 amide bonds. The van der Waals surface area contributed by atoms with Crippen LogP contribution in [0.25, 0.3) is 0 Å². The summed E-state index contributed by atoms with van der Waals surface area (Å²) in [6, 6.07) is 5.17. The van der Waals surface area contributed by atoms with Crippen LogP contribution in [0, 0.1) is 3.57 Å². The lowest BCUT2D eigenvalue weighted by Crippen LogP contribution is -2.41. The highest BCUT2D eigenvalue weighted by Crippen LogP contribution is 2.22. The highest BCUT2D eigenvalue weighted by Gasteiger charge is 2.26. The van der Waals surface area contributed by atoms with Crippen LogP contribution in [0.1, 0.15) is 40.5 Å². The Hall–Kier alpha value is -1.15. The summed E-state index contributed by atoms with van der Waals surface area (Å²) < 4.78 is 11.0. The van der Waals surface area contributed by atoms with Crippen molar-refractivity contribution in [2.75, 3.05) is 26.8 Å². The van der Waals surface area contributed by atoms with Gasteiger partial charge in [-0.1, -0.05) is 6.07 Å². The van der Waals surface area contributed by atoms with Gasteiger partial charge in [0, 0.05) is 23.8 Å². The Bertz CT molecular complexity index is 553. The summed E-state index contributed by atoms with van der Waals surface area (Å²) in [5.41, 5.74) is 1.00. The average Bonchev–Trinajstić information content (AvgIpc) is 2.54. The number of benzene rings is 1. The molecule has 0 spiro atoms. The molecule has 0 N–H and O–H groups in total. The maximum absolute atomic E-state index is 12.7. The van der Waals surface area contributed by atoms with Crippen molar-refractivity contribution in [1.29, 1.82) is 0 Å². The number of carbonyl (C=O) groups excluding carboxylic acids is 2. The monoisotopic (exact) mass is 417 g/mol. The zero-order chi connectivity index (χ0) is 16.1. The van der Waals surface area contributed by atoms with Crippen LogP contribution in [0.15, 0.2) is 18.2 Å². The van der Waals surface area contributed by atoms with Crippen molar-refractivity contribution in [3.05, 3.63) is 32.9 Å². The van der Waals surface area contributed by atoms with Crippen molar-refractivity contribution in [2.24, 2.45) is 0 Å². The number of hydrogen-bond acceptors (Lipinski definition) is 4. The molecule has 1 aromatic rings. The van der Waals surface area contributed by atoms with E-state index in [1.165, 1.54) is 0 Å². The molecule has 0 aromatic heterocycles. The molecule has 0 saturated carbocycles. The predicted octanol–water partition coefficient (Wildman–Crippen LogP) is 2.72. The number of carbonyl (C=O) groups is 2. The van der Waals surface area contributed by atoms with Gasteiger partial charge in [-0.25, -0.2) is 4.79 Å². The summed E-state index contributed by atoms with van der Waals surface area (Å²) in [6.45, 7) is 3.44. The number of nitrogens with zero attached hydrogens (tertiary/aromatic N) is 1. The highest BCUT2D eigenvalue weighted by atomic mass is 127. The standard InChI is InChI=1S/C16H20INO4/c1-3-22-16(20)13-6-4-5-12(14(13)17)15(19)18-9-7-11(21-2)8-10-18/h4-6,11H,3,7-10H2,1-2H3. The van der Waals surface area contributed by atoms with Crippen LogP contribution in [0.5, 0.6) is 0 Å². The number of hydrogen-bond donors (Lipinski definition) is 0. The number of rotatable bonds is 4. The van der Waals surface area contributed by atoms with Crippen molar-refractivity contribution in [3.63, 3.8) is 0 Å². The quantitative estimate of drug-likeness (QED) is 0.559. The minimum atomic E-state index is -0.389. The molecule has 6 heteroatoms. The lowest BCUT2D eigenvalue weighted by atomic mass is 10.1. The number of esters is 1. The van der Waals surface area contributed by atoms with Gasteiger partial charge >= 0.3 is 5.97 Å². The minimum Gasteiger partial charge on any atom is -0.462 e. The van der Waals surface area contributed by atoms with Gasteiger partial charge in [0.15, 0.2) is 0 Å². The molecular formula is C16H20INO4. The summed E-state index contributed by atoms with van der Waals surface area (Å²) in [4.78, 5) is 26.4. The summed E-state index contributed by atoms with van der Waals surface area (Å²) in [7, 11) is 1.70. The minimum absolute atomic E-state index is 0.0369. The molecule has 5 nitrogen and oxygen atoms in total. The van der Waals surface area contributed by atoms with E-state index in [1.807, 2.05) is 27.5 Å². The van der Waals surface area contributed by atoms with Gasteiger partial charge in [-0.05, 0) is 54.5 Å². The third kappa shape index (κ3) is 3.78. The number of ether oxygens (including phenoxy) is 2. The van der Waals surface area contributed by atoms with Crippen LogP contribution >= 0.6 is 22.6 Å². The lowest BCUT2D eigenvalue weighted by Gasteiger charge is -2.31. The van der Waals surface area contributed by atoms with Crippen molar-refractivity contribution in [2.45, 2.75) is 25.9 Å². The topological polar surface area (TPSA) is 55.8 Å². The maximum Gasteiger partial charge on any atom is 0.339 e. The average molecular weight is 417 g/mol. The van der Waals surface area contributed by atoms with E-state index >= 15 is 0 Å². The van der Waals surface area contributed by atoms with Crippen molar-refractivity contribution in [1.82, 2.24) is 4.90 Å². The van der Waals surface area contributed by atoms with Crippen molar-refractivity contribution >= 4 is 34.5 Å². The van der Waals surface area contributed by atoms with Gasteiger partial charge in [0.1, 0.15) is 0 Å². The number of piperidine rings is 1. The number of halogens is 1. The molecule has 1 aromatic carbocycles. The smallest absolute Gasteiger partial charge is 0.339 e. The van der Waals surface area contributed by atoms with Gasteiger partial charge in [0.25, 0.3) is 5.91 Å². The zero-order valence-electron chi connectivity index (χ0n) is 12.8. The number of amides is 1. The Morgan fingerprint density at radius 3 is 2.50 bits per heavy atom. The molecular weight excluding hydrogens is 397 g/mol. The third-order valence-electron chi connectivity index (χ3n) is 3.79. The van der Waals surface area contributed by atoms with Gasteiger partial charge in [0.05, 0.1) is 23.8 Å². The van der Waals surface area contributed by atoms with E-state index in [4.69, 9.17) is 9.47 Å². The number of methoxy groups -OCH3 is 1. The van der Waals surface area contributed by atoms with E-state index in [-0.39, 0.29) is 18.0 Å². The molecule has 1 saturated heterocycles. The Labute approximate surface area is 144 Å². The Morgan fingerprint density at radius 2 is 1.91 bits per heavy atom. The summed E-state index contributed by atoms with van der Waals surface area (Å²) in [6.07, 6.45) is 1.92. The molecule has 0 unspecified atom stereocenters. The van der Waals surface area contributed by atoms with Gasteiger partial charge < -0.3 is 14.4 Å². The largest absolute Gasteiger partial charge is 0.462 e. The first-order valence-corrected chi connectivity index (χ1v) is 8.44. The van der Waals surface area contributed by atoms with Crippen molar-refractivity contribution < 1.29 is 19.1 Å². The van der Waals surface area contributed by atoms with Crippen LogP contribution < -0.4 is 0 Å². The first-order valence-electron chi connectivity index (χ1n) is 7.36. The summed E-state index contributed by atoms with van der Waals surface area (Å²) in [5, 5.41) is 0. The van der Waals surface area contributed by atoms with E-state index < -0.39 is 0 Å². The van der Waals surface area contributed by atoms with Gasteiger partial charge in [-0.2, -0.15) is 0 Å². The second-order valence-electron chi connectivity index (χ2n) is 5.11. The summed E-state index contributed by atoms with van der Waals surface area (Å²) >= 11 is 2.05. The van der Waals surface area contributed by atoms with Gasteiger partial charge in [-0.3, -0.25) is 4.79 Å². The molecule has 2 rings (SSSR count). The van der Waals surface area contributed by atoms with Crippen LogP contribution in [-0.4, -0.2) is 49.7 Å². The summed E-state index contributed by atoms with van der Waals surface area (Å²) in [5.74, 6) is -0.426. The fraction of sp³-hybridized carbons (Fsp3) is 0.500. The highest BCUT2D eigenvalue weighted by molar-refractivity contribution is 14.1. The van der Waals surface area contributed by atoms with Crippen molar-refractivity contribution in [3.8, 4) is 0 Å². The SMILES string of the molecule is CCOC(=O)c1cccc(C(=O)N2CCC(OC)CC2)c1I. The van der Waals surface area contributed by atoms with E-state index in [0.717, 1.165) is 12.8 Å². The van der Waals surface area contributed by atoms with E-state index in [2.05, 4.69) is 0 Å².